The van der Waals surface area contributed by atoms with Crippen molar-refractivity contribution in [2.75, 3.05) is 6.54 Å². The number of esters is 1. The van der Waals surface area contributed by atoms with E-state index in [2.05, 4.69) is 5.32 Å². The molecule has 25 heavy (non-hydrogen) atoms. The van der Waals surface area contributed by atoms with Crippen molar-refractivity contribution in [3.8, 4) is 11.5 Å². The van der Waals surface area contributed by atoms with Crippen LogP contribution in [0.5, 0.6) is 11.5 Å². The van der Waals surface area contributed by atoms with Crippen molar-refractivity contribution >= 4 is 11.9 Å². The second-order valence-corrected chi connectivity index (χ2v) is 7.42. The number of hydrogen-bond acceptors (Lipinski definition) is 4. The Morgan fingerprint density at radius 1 is 0.920 bits per heavy atom. The highest BCUT2D eigenvalue weighted by atomic mass is 16.5. The predicted molar refractivity (Wildman–Crippen MR) is 92.3 cm³/mol. The largest absolute Gasteiger partial charge is 0.481 e. The summed E-state index contributed by atoms with van der Waals surface area (Å²) in [5.74, 6) is 2.25. The Hall–Kier alpha value is -2.04. The number of carbonyl (C=O) groups excluding carboxylic acids is 2. The summed E-state index contributed by atoms with van der Waals surface area (Å²) in [5, 5.41) is 2.86. The van der Waals surface area contributed by atoms with Crippen LogP contribution in [0.25, 0.3) is 0 Å². The Bertz CT molecular complexity index is 630. The van der Waals surface area contributed by atoms with Crippen LogP contribution in [0.2, 0.25) is 0 Å². The van der Waals surface area contributed by atoms with Gasteiger partial charge in [-0.15, -0.1) is 0 Å². The lowest BCUT2D eigenvalue weighted by Gasteiger charge is -2.16. The minimum absolute atomic E-state index is 0.0515. The maximum absolute atomic E-state index is 12.3. The van der Waals surface area contributed by atoms with Crippen LogP contribution in [-0.4, -0.2) is 24.5 Å². The van der Waals surface area contributed by atoms with E-state index in [0.29, 0.717) is 23.3 Å². The number of carbonyl (C=O) groups is 2. The van der Waals surface area contributed by atoms with Gasteiger partial charge in [-0.25, -0.2) is 0 Å². The van der Waals surface area contributed by atoms with Crippen molar-refractivity contribution in [2.24, 2.45) is 17.8 Å². The monoisotopic (exact) mass is 343 g/mol. The molecule has 0 bridgehead atoms. The maximum Gasteiger partial charge on any atom is 0.314 e. The van der Waals surface area contributed by atoms with Crippen LogP contribution in [0.15, 0.2) is 24.3 Å². The van der Waals surface area contributed by atoms with E-state index in [4.69, 9.17) is 9.47 Å². The Kier molecular flexibility index (Phi) is 4.64. The molecule has 2 aliphatic carbocycles. The van der Waals surface area contributed by atoms with Gasteiger partial charge in [-0.3, -0.25) is 9.59 Å². The highest BCUT2D eigenvalue weighted by Crippen LogP contribution is 2.55. The van der Waals surface area contributed by atoms with Crippen molar-refractivity contribution in [3.63, 3.8) is 0 Å². The van der Waals surface area contributed by atoms with Gasteiger partial charge in [0.1, 0.15) is 11.5 Å². The number of nitrogens with one attached hydrogen (secondary N) is 1. The minimum Gasteiger partial charge on any atom is -0.481 e. The summed E-state index contributed by atoms with van der Waals surface area (Å²) in [7, 11) is 0. The summed E-state index contributed by atoms with van der Waals surface area (Å²) in [6, 6.07) is 7.02. The molecule has 1 saturated heterocycles. The third kappa shape index (κ3) is 3.65. The topological polar surface area (TPSA) is 64.6 Å². The van der Waals surface area contributed by atoms with Crippen LogP contribution in [0, 0.1) is 17.8 Å². The molecule has 3 aliphatic rings. The van der Waals surface area contributed by atoms with Gasteiger partial charge in [-0.05, 0) is 68.2 Å². The molecular formula is C20H25NO4. The molecule has 0 radical (unpaired) electrons. The molecule has 0 unspecified atom stereocenters. The van der Waals surface area contributed by atoms with E-state index < -0.39 is 6.10 Å². The number of rotatable bonds is 4. The lowest BCUT2D eigenvalue weighted by Crippen LogP contribution is -2.36. The van der Waals surface area contributed by atoms with E-state index in [0.717, 1.165) is 25.8 Å². The molecule has 5 nitrogen and oxygen atoms in total. The Morgan fingerprint density at radius 2 is 1.56 bits per heavy atom. The number of ether oxygens (including phenoxy) is 2. The SMILES string of the molecule is O=C(Oc1ccc(O[C@H]2CCCCNC2=O)cc1)C1[C@H]2CCCC[C@H]12. The molecule has 0 aromatic heterocycles. The van der Waals surface area contributed by atoms with Crippen molar-refractivity contribution in [1.29, 1.82) is 0 Å². The van der Waals surface area contributed by atoms with Gasteiger partial charge in [0.15, 0.2) is 6.10 Å². The Labute approximate surface area is 148 Å². The van der Waals surface area contributed by atoms with E-state index in [9.17, 15) is 9.59 Å². The van der Waals surface area contributed by atoms with Gasteiger partial charge >= 0.3 is 5.97 Å². The van der Waals surface area contributed by atoms with Gasteiger partial charge in [-0.1, -0.05) is 12.8 Å². The van der Waals surface area contributed by atoms with E-state index in [1.165, 1.54) is 25.7 Å². The molecule has 4 rings (SSSR count). The molecule has 5 heteroatoms. The van der Waals surface area contributed by atoms with Gasteiger partial charge < -0.3 is 14.8 Å². The van der Waals surface area contributed by atoms with E-state index in [1.54, 1.807) is 24.3 Å². The fourth-order valence-electron chi connectivity index (χ4n) is 4.30. The van der Waals surface area contributed by atoms with Crippen LogP contribution in [-0.2, 0) is 9.59 Å². The van der Waals surface area contributed by atoms with E-state index >= 15 is 0 Å². The molecule has 1 heterocycles. The normalized spacial score (nSPS) is 31.3. The molecule has 1 aliphatic heterocycles. The van der Waals surface area contributed by atoms with Crippen molar-refractivity contribution in [2.45, 2.75) is 51.0 Å². The molecule has 0 spiro atoms. The van der Waals surface area contributed by atoms with E-state index in [-0.39, 0.29) is 17.8 Å². The molecule has 1 aromatic rings. The highest BCUT2D eigenvalue weighted by Gasteiger charge is 2.55. The van der Waals surface area contributed by atoms with Crippen LogP contribution in [0.3, 0.4) is 0 Å². The molecule has 1 N–H and O–H groups in total. The summed E-state index contributed by atoms with van der Waals surface area (Å²) in [6.45, 7) is 0.719. The Morgan fingerprint density at radius 3 is 2.28 bits per heavy atom. The first-order valence-electron chi connectivity index (χ1n) is 9.48. The summed E-state index contributed by atoms with van der Waals surface area (Å²) in [6.07, 6.45) is 7.07. The standard InChI is InChI=1S/C20H25NO4/c22-19-17(7-3-4-12-21-19)24-13-8-10-14(11-9-13)25-20(23)18-15-5-1-2-6-16(15)18/h8-11,15-18H,1-7,12H2,(H,21,22)/t15-,16-,17-/m0/s1. The fraction of sp³-hybridized carbons (Fsp3) is 0.600. The van der Waals surface area contributed by atoms with Gasteiger partial charge in [0.25, 0.3) is 5.91 Å². The van der Waals surface area contributed by atoms with Crippen LogP contribution in [0.1, 0.15) is 44.9 Å². The summed E-state index contributed by atoms with van der Waals surface area (Å²) >= 11 is 0. The smallest absolute Gasteiger partial charge is 0.314 e. The number of hydrogen-bond donors (Lipinski definition) is 1. The molecule has 3 atom stereocenters. The number of amides is 1. The fourth-order valence-corrected chi connectivity index (χ4v) is 4.30. The highest BCUT2D eigenvalue weighted by molar-refractivity contribution is 5.81. The zero-order chi connectivity index (χ0) is 17.2. The van der Waals surface area contributed by atoms with Gasteiger partial charge in [0.05, 0.1) is 5.92 Å². The molecule has 3 fully saturated rings. The first-order valence-corrected chi connectivity index (χ1v) is 9.48. The van der Waals surface area contributed by atoms with Gasteiger partial charge in [0, 0.05) is 6.54 Å². The minimum atomic E-state index is -0.439. The van der Waals surface area contributed by atoms with Crippen LogP contribution in [0.4, 0.5) is 0 Å². The van der Waals surface area contributed by atoms with Crippen molar-refractivity contribution in [1.82, 2.24) is 5.32 Å². The average molecular weight is 343 g/mol. The number of benzene rings is 1. The first-order chi connectivity index (χ1) is 12.2. The van der Waals surface area contributed by atoms with Crippen molar-refractivity contribution < 1.29 is 19.1 Å². The lowest BCUT2D eigenvalue weighted by molar-refractivity contribution is -0.136. The summed E-state index contributed by atoms with van der Waals surface area (Å²) in [4.78, 5) is 24.2. The van der Waals surface area contributed by atoms with Crippen molar-refractivity contribution in [3.05, 3.63) is 24.3 Å². The zero-order valence-corrected chi connectivity index (χ0v) is 14.4. The molecular weight excluding hydrogens is 318 g/mol. The van der Waals surface area contributed by atoms with Gasteiger partial charge in [0.2, 0.25) is 0 Å². The maximum atomic E-state index is 12.3. The van der Waals surface area contributed by atoms with Crippen LogP contribution >= 0.6 is 0 Å². The molecule has 1 amide bonds. The average Bonchev–Trinajstić information content (AvgIpc) is 3.38. The first kappa shape index (κ1) is 16.4. The molecule has 2 saturated carbocycles. The third-order valence-electron chi connectivity index (χ3n) is 5.73. The Balaban J connectivity index is 1.32. The number of fused-ring (bicyclic) bond motifs is 1. The molecule has 1 aromatic carbocycles. The quantitative estimate of drug-likeness (QED) is 0.674. The summed E-state index contributed by atoms with van der Waals surface area (Å²) in [5.41, 5.74) is 0. The van der Waals surface area contributed by atoms with Gasteiger partial charge in [-0.2, -0.15) is 0 Å². The lowest BCUT2D eigenvalue weighted by atomic mass is 10.0. The third-order valence-corrected chi connectivity index (χ3v) is 5.73. The second kappa shape index (κ2) is 7.06. The zero-order valence-electron chi connectivity index (χ0n) is 14.4. The molecule has 134 valence electrons. The second-order valence-electron chi connectivity index (χ2n) is 7.42. The summed E-state index contributed by atoms with van der Waals surface area (Å²) < 4.78 is 11.3. The van der Waals surface area contributed by atoms with E-state index in [1.807, 2.05) is 0 Å². The van der Waals surface area contributed by atoms with Crippen LogP contribution < -0.4 is 14.8 Å². The predicted octanol–water partition coefficient (Wildman–Crippen LogP) is 3.08.